The number of hydrogen-bond acceptors (Lipinski definition) is 4. The fourth-order valence-corrected chi connectivity index (χ4v) is 0.323. The molecule has 0 aromatic heterocycles. The largest absolute Gasteiger partial charge is 0.516 e. The summed E-state index contributed by atoms with van der Waals surface area (Å²) < 4.78 is 4.43. The van der Waals surface area contributed by atoms with Crippen molar-refractivity contribution in [3.63, 3.8) is 0 Å². The number of esters is 1. The fraction of sp³-hybridized carbons (Fsp3) is 0.300. The number of carbonyl (C=O) groups excluding carboxylic acids is 1. The van der Waals surface area contributed by atoms with Gasteiger partial charge in [-0.2, -0.15) is 0 Å². The third-order valence-corrected chi connectivity index (χ3v) is 0.927. The molecule has 0 heterocycles. The number of aliphatic hydroxyl groups is 2. The van der Waals surface area contributed by atoms with E-state index in [0.717, 1.165) is 12.3 Å². The predicted molar refractivity (Wildman–Crippen MR) is 54.8 cm³/mol. The van der Waals surface area contributed by atoms with Crippen LogP contribution in [0.4, 0.5) is 0 Å². The zero-order chi connectivity index (χ0) is 11.2. The molecule has 0 fully saturated rings. The lowest BCUT2D eigenvalue weighted by Crippen LogP contribution is -1.98. The van der Waals surface area contributed by atoms with Gasteiger partial charge in [-0.25, -0.2) is 4.79 Å². The Balaban J connectivity index is 0. The molecule has 0 bridgehead atoms. The van der Waals surface area contributed by atoms with Gasteiger partial charge in [-0.1, -0.05) is 12.7 Å². The van der Waals surface area contributed by atoms with Gasteiger partial charge in [-0.3, -0.25) is 0 Å². The van der Waals surface area contributed by atoms with Gasteiger partial charge < -0.3 is 14.9 Å². The lowest BCUT2D eigenvalue weighted by atomic mass is 10.5. The van der Waals surface area contributed by atoms with E-state index in [-0.39, 0.29) is 13.2 Å². The molecule has 0 rings (SSSR count). The summed E-state index contributed by atoms with van der Waals surface area (Å²) in [6.07, 6.45) is 5.57. The van der Waals surface area contributed by atoms with Crippen molar-refractivity contribution in [2.75, 3.05) is 13.2 Å². The minimum absolute atomic E-state index is 0.0847. The summed E-state index contributed by atoms with van der Waals surface area (Å²) in [6.45, 7) is 6.88. The van der Waals surface area contributed by atoms with Crippen LogP contribution in [0, 0.1) is 0 Å². The summed E-state index contributed by atoms with van der Waals surface area (Å²) in [6, 6.07) is 0. The van der Waals surface area contributed by atoms with Crippen molar-refractivity contribution in [2.45, 2.75) is 6.42 Å². The first-order valence-electron chi connectivity index (χ1n) is 4.03. The summed E-state index contributed by atoms with van der Waals surface area (Å²) in [5.41, 5.74) is 0. The summed E-state index contributed by atoms with van der Waals surface area (Å²) in [5, 5.41) is 16.0. The van der Waals surface area contributed by atoms with E-state index in [4.69, 9.17) is 10.2 Å². The number of aliphatic hydroxyl groups excluding tert-OH is 2. The van der Waals surface area contributed by atoms with Crippen molar-refractivity contribution in [3.8, 4) is 0 Å². The Morgan fingerprint density at radius 1 is 1.43 bits per heavy atom. The van der Waals surface area contributed by atoms with Crippen LogP contribution < -0.4 is 0 Å². The predicted octanol–water partition coefficient (Wildman–Crippen LogP) is 1.34. The molecule has 0 unspecified atom stereocenters. The first kappa shape index (κ1) is 14.9. The minimum Gasteiger partial charge on any atom is -0.516 e. The van der Waals surface area contributed by atoms with Crippen LogP contribution in [0.1, 0.15) is 6.42 Å². The van der Waals surface area contributed by atoms with E-state index in [1.165, 1.54) is 6.08 Å². The fourth-order valence-electron chi connectivity index (χ4n) is 0.323. The van der Waals surface area contributed by atoms with Crippen molar-refractivity contribution in [3.05, 3.63) is 37.6 Å². The Morgan fingerprint density at radius 2 is 2.07 bits per heavy atom. The average Bonchev–Trinajstić information content (AvgIpc) is 2.20. The molecular formula is C10H16O4. The molecule has 4 nitrogen and oxygen atoms in total. The first-order chi connectivity index (χ1) is 6.72. The topological polar surface area (TPSA) is 66.8 Å². The molecular weight excluding hydrogens is 184 g/mol. The van der Waals surface area contributed by atoms with Gasteiger partial charge in [-0.05, 0) is 12.5 Å². The molecule has 0 saturated carbocycles. The molecule has 0 aliphatic carbocycles. The number of rotatable bonds is 5. The molecule has 14 heavy (non-hydrogen) atoms. The van der Waals surface area contributed by atoms with Gasteiger partial charge in [0.2, 0.25) is 0 Å². The smallest absolute Gasteiger partial charge is 0.330 e. The SMILES string of the molecule is C=CC(=O)OCC=CO.C=CCCO. The highest BCUT2D eigenvalue weighted by molar-refractivity contribution is 5.81. The van der Waals surface area contributed by atoms with Gasteiger partial charge in [0.15, 0.2) is 0 Å². The maximum atomic E-state index is 10.2. The summed E-state index contributed by atoms with van der Waals surface area (Å²) in [4.78, 5) is 10.2. The van der Waals surface area contributed by atoms with Crippen LogP contribution in [0.25, 0.3) is 0 Å². The third kappa shape index (κ3) is 16.8. The molecule has 2 N–H and O–H groups in total. The second-order valence-corrected chi connectivity index (χ2v) is 2.02. The number of ether oxygens (including phenoxy) is 1. The van der Waals surface area contributed by atoms with E-state index in [1.54, 1.807) is 6.08 Å². The highest BCUT2D eigenvalue weighted by Crippen LogP contribution is 1.78. The second-order valence-electron chi connectivity index (χ2n) is 2.02. The van der Waals surface area contributed by atoms with Crippen molar-refractivity contribution in [2.24, 2.45) is 0 Å². The van der Waals surface area contributed by atoms with Crippen LogP contribution in [-0.4, -0.2) is 29.4 Å². The maximum absolute atomic E-state index is 10.2. The van der Waals surface area contributed by atoms with E-state index in [0.29, 0.717) is 6.42 Å². The van der Waals surface area contributed by atoms with Crippen molar-refractivity contribution >= 4 is 5.97 Å². The first-order valence-corrected chi connectivity index (χ1v) is 4.03. The van der Waals surface area contributed by atoms with Crippen LogP contribution >= 0.6 is 0 Å². The number of hydrogen-bond donors (Lipinski definition) is 2. The average molecular weight is 200 g/mol. The lowest BCUT2D eigenvalue weighted by molar-refractivity contribution is -0.136. The van der Waals surface area contributed by atoms with Gasteiger partial charge in [0, 0.05) is 12.7 Å². The molecule has 0 radical (unpaired) electrons. The van der Waals surface area contributed by atoms with E-state index in [9.17, 15) is 4.79 Å². The highest BCUT2D eigenvalue weighted by Gasteiger charge is 1.88. The standard InChI is InChI=1S/C6H8O3.C4H8O/c1-2-6(8)9-5-3-4-7;1-2-3-4-5/h2-4,7H,1,5H2;2,5H,1,3-4H2. The van der Waals surface area contributed by atoms with Gasteiger partial charge in [-0.15, -0.1) is 6.58 Å². The van der Waals surface area contributed by atoms with Crippen molar-refractivity contribution in [1.29, 1.82) is 0 Å². The van der Waals surface area contributed by atoms with Gasteiger partial charge >= 0.3 is 5.97 Å². The van der Waals surface area contributed by atoms with Gasteiger partial charge in [0.05, 0.1) is 6.26 Å². The molecule has 0 amide bonds. The van der Waals surface area contributed by atoms with Gasteiger partial charge in [0.1, 0.15) is 6.61 Å². The Morgan fingerprint density at radius 3 is 2.36 bits per heavy atom. The van der Waals surface area contributed by atoms with E-state index in [1.807, 2.05) is 0 Å². The maximum Gasteiger partial charge on any atom is 0.330 e. The van der Waals surface area contributed by atoms with Crippen LogP contribution in [0.3, 0.4) is 0 Å². The summed E-state index contributed by atoms with van der Waals surface area (Å²) in [7, 11) is 0. The van der Waals surface area contributed by atoms with Crippen LogP contribution in [0.5, 0.6) is 0 Å². The molecule has 0 aliphatic heterocycles. The third-order valence-electron chi connectivity index (χ3n) is 0.927. The van der Waals surface area contributed by atoms with Gasteiger partial charge in [0.25, 0.3) is 0 Å². The van der Waals surface area contributed by atoms with E-state index >= 15 is 0 Å². The Labute approximate surface area is 83.8 Å². The zero-order valence-electron chi connectivity index (χ0n) is 8.06. The summed E-state index contributed by atoms with van der Waals surface area (Å²) in [5.74, 6) is -0.492. The lowest BCUT2D eigenvalue weighted by Gasteiger charge is -1.92. The Bertz CT molecular complexity index is 185. The molecule has 0 spiro atoms. The highest BCUT2D eigenvalue weighted by atomic mass is 16.5. The molecule has 0 aromatic carbocycles. The zero-order valence-corrected chi connectivity index (χ0v) is 8.06. The van der Waals surface area contributed by atoms with Crippen LogP contribution in [-0.2, 0) is 9.53 Å². The van der Waals surface area contributed by atoms with E-state index in [2.05, 4.69) is 17.9 Å². The summed E-state index contributed by atoms with van der Waals surface area (Å²) >= 11 is 0. The van der Waals surface area contributed by atoms with Crippen molar-refractivity contribution in [1.82, 2.24) is 0 Å². The molecule has 80 valence electrons. The molecule has 4 heteroatoms. The number of carbonyl (C=O) groups is 1. The van der Waals surface area contributed by atoms with Crippen LogP contribution in [0.15, 0.2) is 37.6 Å². The minimum atomic E-state index is -0.492. The van der Waals surface area contributed by atoms with Crippen molar-refractivity contribution < 1.29 is 19.7 Å². The Hall–Kier alpha value is -1.55. The molecule has 0 saturated heterocycles. The quantitative estimate of drug-likeness (QED) is 0.304. The van der Waals surface area contributed by atoms with E-state index < -0.39 is 5.97 Å². The Kier molecular flexibility index (Phi) is 14.9. The molecule has 0 aliphatic rings. The second kappa shape index (κ2) is 14.0. The normalized spacial score (nSPS) is 8.64. The molecule has 0 atom stereocenters. The monoisotopic (exact) mass is 200 g/mol. The molecule has 0 aromatic rings. The van der Waals surface area contributed by atoms with Crippen LogP contribution in [0.2, 0.25) is 0 Å².